The number of nitrogens with zero attached hydrogens (tertiary/aromatic N) is 5. The van der Waals surface area contributed by atoms with Crippen molar-refractivity contribution in [1.82, 2.24) is 20.1 Å². The maximum atomic E-state index is 12.4. The lowest BCUT2D eigenvalue weighted by molar-refractivity contribution is -0.122. The summed E-state index contributed by atoms with van der Waals surface area (Å²) >= 11 is 0. The maximum Gasteiger partial charge on any atom is 0.234 e. The van der Waals surface area contributed by atoms with E-state index in [-0.39, 0.29) is 11.9 Å². The second kappa shape index (κ2) is 8.47. The molecule has 3 heterocycles. The lowest BCUT2D eigenvalue weighted by atomic mass is 10.0. The molecule has 2 saturated heterocycles. The summed E-state index contributed by atoms with van der Waals surface area (Å²) < 4.78 is 0. The fraction of sp³-hybridized carbons (Fsp3) is 0.632. The van der Waals surface area contributed by atoms with Crippen LogP contribution in [0, 0.1) is 11.3 Å². The Balaban J connectivity index is 1.44. The van der Waals surface area contributed by atoms with E-state index < -0.39 is 0 Å². The van der Waals surface area contributed by atoms with Crippen LogP contribution < -0.4 is 10.2 Å². The first kappa shape index (κ1) is 18.6. The molecule has 0 saturated carbocycles. The lowest BCUT2D eigenvalue weighted by Crippen LogP contribution is -2.47. The summed E-state index contributed by atoms with van der Waals surface area (Å²) in [7, 11) is 4.20. The van der Waals surface area contributed by atoms with Crippen molar-refractivity contribution in [3.05, 3.63) is 23.9 Å². The minimum absolute atomic E-state index is 0.124. The number of likely N-dealkylation sites (N-methyl/N-ethyl adjacent to an activating group) is 1. The van der Waals surface area contributed by atoms with E-state index in [1.165, 1.54) is 0 Å². The number of piperidine rings is 1. The molecule has 7 heteroatoms. The second-order valence-corrected chi connectivity index (χ2v) is 7.46. The van der Waals surface area contributed by atoms with Gasteiger partial charge in [-0.3, -0.25) is 9.69 Å². The SMILES string of the molecule is CN(C)[C@@H]1CCN(CC(=O)NC2CCN(c3ncccc3C#N)CC2)C1. The van der Waals surface area contributed by atoms with Crippen LogP contribution in [0.1, 0.15) is 24.8 Å². The molecule has 2 aliphatic rings. The first-order valence-corrected chi connectivity index (χ1v) is 9.35. The number of amides is 1. The van der Waals surface area contributed by atoms with Crippen LogP contribution in [0.15, 0.2) is 18.3 Å². The number of aromatic nitrogens is 1. The molecule has 0 spiro atoms. The van der Waals surface area contributed by atoms with Gasteiger partial charge in [0.25, 0.3) is 0 Å². The third kappa shape index (κ3) is 4.51. The quantitative estimate of drug-likeness (QED) is 0.836. The van der Waals surface area contributed by atoms with Gasteiger partial charge in [-0.25, -0.2) is 4.98 Å². The molecule has 0 aliphatic carbocycles. The Morgan fingerprint density at radius 3 is 2.77 bits per heavy atom. The monoisotopic (exact) mass is 356 g/mol. The summed E-state index contributed by atoms with van der Waals surface area (Å²) in [5, 5.41) is 12.4. The predicted octanol–water partition coefficient (Wildman–Crippen LogP) is 0.674. The topological polar surface area (TPSA) is 75.5 Å². The van der Waals surface area contributed by atoms with Gasteiger partial charge in [-0.1, -0.05) is 0 Å². The zero-order valence-electron chi connectivity index (χ0n) is 15.7. The van der Waals surface area contributed by atoms with Gasteiger partial charge < -0.3 is 15.1 Å². The van der Waals surface area contributed by atoms with E-state index in [2.05, 4.69) is 45.2 Å². The van der Waals surface area contributed by atoms with Crippen LogP contribution in [0.2, 0.25) is 0 Å². The number of likely N-dealkylation sites (tertiary alicyclic amines) is 1. The zero-order chi connectivity index (χ0) is 18.5. The van der Waals surface area contributed by atoms with Crippen LogP contribution in [-0.4, -0.2) is 79.6 Å². The molecule has 0 aromatic carbocycles. The number of hydrogen-bond acceptors (Lipinski definition) is 6. The first-order valence-electron chi connectivity index (χ1n) is 9.35. The highest BCUT2D eigenvalue weighted by Crippen LogP contribution is 2.21. The molecule has 1 N–H and O–H groups in total. The van der Waals surface area contributed by atoms with Gasteiger partial charge in [0.15, 0.2) is 0 Å². The number of nitriles is 1. The number of anilines is 1. The molecule has 3 rings (SSSR count). The van der Waals surface area contributed by atoms with Gasteiger partial charge in [0, 0.05) is 44.5 Å². The summed E-state index contributed by atoms with van der Waals surface area (Å²) in [5.74, 6) is 0.880. The van der Waals surface area contributed by atoms with Gasteiger partial charge in [-0.15, -0.1) is 0 Å². The van der Waals surface area contributed by atoms with E-state index in [0.717, 1.165) is 51.3 Å². The average molecular weight is 356 g/mol. The molecule has 7 nitrogen and oxygen atoms in total. The van der Waals surface area contributed by atoms with Crippen molar-refractivity contribution in [3.63, 3.8) is 0 Å². The van der Waals surface area contributed by atoms with Crippen molar-refractivity contribution in [1.29, 1.82) is 5.26 Å². The van der Waals surface area contributed by atoms with Gasteiger partial charge in [0.05, 0.1) is 12.1 Å². The van der Waals surface area contributed by atoms with Gasteiger partial charge in [0.2, 0.25) is 5.91 Å². The molecule has 1 aromatic heterocycles. The summed E-state index contributed by atoms with van der Waals surface area (Å²) in [6, 6.07) is 6.55. The van der Waals surface area contributed by atoms with E-state index >= 15 is 0 Å². The average Bonchev–Trinajstić information content (AvgIpc) is 3.11. The third-order valence-electron chi connectivity index (χ3n) is 5.41. The Hall–Kier alpha value is -2.17. The van der Waals surface area contributed by atoms with Crippen LogP contribution >= 0.6 is 0 Å². The normalized spacial score (nSPS) is 21.8. The Bertz CT molecular complexity index is 662. The smallest absolute Gasteiger partial charge is 0.234 e. The molecule has 26 heavy (non-hydrogen) atoms. The van der Waals surface area contributed by atoms with Gasteiger partial charge in [-0.2, -0.15) is 5.26 Å². The minimum Gasteiger partial charge on any atom is -0.355 e. The van der Waals surface area contributed by atoms with Gasteiger partial charge in [0.1, 0.15) is 11.9 Å². The van der Waals surface area contributed by atoms with Gasteiger partial charge >= 0.3 is 0 Å². The molecular formula is C19H28N6O. The van der Waals surface area contributed by atoms with Crippen LogP contribution in [0.3, 0.4) is 0 Å². The van der Waals surface area contributed by atoms with E-state index in [0.29, 0.717) is 18.2 Å². The van der Waals surface area contributed by atoms with Gasteiger partial charge in [-0.05, 0) is 45.5 Å². The van der Waals surface area contributed by atoms with Crippen LogP contribution in [0.5, 0.6) is 0 Å². The summed E-state index contributed by atoms with van der Waals surface area (Å²) in [5.41, 5.74) is 0.611. The number of pyridine rings is 1. The lowest BCUT2D eigenvalue weighted by Gasteiger charge is -2.33. The van der Waals surface area contributed by atoms with E-state index in [1.54, 1.807) is 18.3 Å². The Morgan fingerprint density at radius 2 is 2.12 bits per heavy atom. The second-order valence-electron chi connectivity index (χ2n) is 7.46. The molecule has 1 aromatic rings. The van der Waals surface area contributed by atoms with Crippen molar-refractivity contribution in [2.45, 2.75) is 31.3 Å². The third-order valence-corrected chi connectivity index (χ3v) is 5.41. The fourth-order valence-corrected chi connectivity index (χ4v) is 3.83. The highest BCUT2D eigenvalue weighted by molar-refractivity contribution is 5.78. The first-order chi connectivity index (χ1) is 12.6. The van der Waals surface area contributed by atoms with Crippen molar-refractivity contribution < 1.29 is 4.79 Å². The molecule has 0 radical (unpaired) electrons. The van der Waals surface area contributed by atoms with Crippen molar-refractivity contribution in [2.75, 3.05) is 51.7 Å². The molecular weight excluding hydrogens is 328 g/mol. The number of rotatable bonds is 5. The number of nitrogens with one attached hydrogen (secondary N) is 1. The van der Waals surface area contributed by atoms with Crippen molar-refractivity contribution in [3.8, 4) is 6.07 Å². The predicted molar refractivity (Wildman–Crippen MR) is 101 cm³/mol. The molecule has 0 unspecified atom stereocenters. The standard InChI is InChI=1S/C19H28N6O/c1-23(2)17-7-9-24(13-17)14-18(26)22-16-5-10-25(11-6-16)19-15(12-20)4-3-8-21-19/h3-4,8,16-17H,5-7,9-11,13-14H2,1-2H3,(H,22,26)/t17-/m1/s1. The maximum absolute atomic E-state index is 12.4. The molecule has 1 atom stereocenters. The Kier molecular flexibility index (Phi) is 6.07. The molecule has 0 bridgehead atoms. The Labute approximate surface area is 155 Å². The van der Waals surface area contributed by atoms with E-state index in [9.17, 15) is 10.1 Å². The minimum atomic E-state index is 0.124. The summed E-state index contributed by atoms with van der Waals surface area (Å²) in [6.07, 6.45) is 4.62. The molecule has 140 valence electrons. The van der Waals surface area contributed by atoms with Crippen LogP contribution in [0.4, 0.5) is 5.82 Å². The fourth-order valence-electron chi connectivity index (χ4n) is 3.83. The number of hydrogen-bond donors (Lipinski definition) is 1. The van der Waals surface area contributed by atoms with Crippen molar-refractivity contribution >= 4 is 11.7 Å². The Morgan fingerprint density at radius 1 is 1.35 bits per heavy atom. The molecule has 2 aliphatic heterocycles. The number of carbonyl (C=O) groups is 1. The number of carbonyl (C=O) groups excluding carboxylic acids is 1. The highest BCUT2D eigenvalue weighted by atomic mass is 16.2. The highest BCUT2D eigenvalue weighted by Gasteiger charge is 2.27. The van der Waals surface area contributed by atoms with E-state index in [1.807, 2.05) is 0 Å². The largest absolute Gasteiger partial charge is 0.355 e. The van der Waals surface area contributed by atoms with E-state index in [4.69, 9.17) is 0 Å². The van der Waals surface area contributed by atoms with Crippen LogP contribution in [-0.2, 0) is 4.79 Å². The van der Waals surface area contributed by atoms with Crippen molar-refractivity contribution in [2.24, 2.45) is 0 Å². The summed E-state index contributed by atoms with van der Waals surface area (Å²) in [6.45, 7) is 4.07. The summed E-state index contributed by atoms with van der Waals surface area (Å²) in [4.78, 5) is 23.3. The molecule has 2 fully saturated rings. The zero-order valence-corrected chi connectivity index (χ0v) is 15.7. The van der Waals surface area contributed by atoms with Crippen LogP contribution in [0.25, 0.3) is 0 Å². The molecule has 1 amide bonds.